The van der Waals surface area contributed by atoms with Gasteiger partial charge in [-0.05, 0) is 43.5 Å². The maximum absolute atomic E-state index is 12.4. The third-order valence-corrected chi connectivity index (χ3v) is 6.57. The minimum atomic E-state index is -3.25. The lowest BCUT2D eigenvalue weighted by molar-refractivity contribution is 0.575. The molecule has 3 nitrogen and oxygen atoms in total. The summed E-state index contributed by atoms with van der Waals surface area (Å²) in [5.74, 6) is 0.0773. The van der Waals surface area contributed by atoms with Gasteiger partial charge in [0.05, 0.1) is 5.75 Å². The van der Waals surface area contributed by atoms with Crippen LogP contribution in [0.15, 0.2) is 39.9 Å². The summed E-state index contributed by atoms with van der Waals surface area (Å²) in [6, 6.07) is 9.35. The largest absolute Gasteiger partial charge is 0.312 e. The normalized spacial score (nSPS) is 13.3. The molecular weight excluding hydrogens is 290 g/mol. The van der Waals surface area contributed by atoms with Crippen LogP contribution in [-0.2, 0) is 9.84 Å². The quantitative estimate of drug-likeness (QED) is 0.923. The molecule has 0 aliphatic carbocycles. The molecule has 0 fully saturated rings. The van der Waals surface area contributed by atoms with Gasteiger partial charge >= 0.3 is 0 Å². The third-order valence-electron chi connectivity index (χ3n) is 3.34. The number of rotatable bonds is 5. The first kappa shape index (κ1) is 15.2. The molecule has 1 unspecified atom stereocenters. The molecule has 5 heteroatoms. The van der Waals surface area contributed by atoms with E-state index in [0.717, 1.165) is 11.1 Å². The Hall–Kier alpha value is -1.17. The molecule has 2 rings (SSSR count). The van der Waals surface area contributed by atoms with Crippen molar-refractivity contribution in [3.05, 3.63) is 52.4 Å². The molecule has 0 aliphatic rings. The SMILES string of the molecule is CNC(CS(=O)(=O)c1cccs1)c1ccc(C)cc1C. The second-order valence-electron chi connectivity index (χ2n) is 4.91. The van der Waals surface area contributed by atoms with Crippen molar-refractivity contribution < 1.29 is 8.42 Å². The van der Waals surface area contributed by atoms with Crippen LogP contribution in [-0.4, -0.2) is 21.2 Å². The average molecular weight is 309 g/mol. The summed E-state index contributed by atoms with van der Waals surface area (Å²) >= 11 is 1.27. The zero-order valence-electron chi connectivity index (χ0n) is 11.9. The predicted molar refractivity (Wildman–Crippen MR) is 84.1 cm³/mol. The summed E-state index contributed by atoms with van der Waals surface area (Å²) in [4.78, 5) is 0. The maximum Gasteiger partial charge on any atom is 0.189 e. The zero-order chi connectivity index (χ0) is 14.8. The Balaban J connectivity index is 2.30. The molecule has 0 amide bonds. The van der Waals surface area contributed by atoms with Gasteiger partial charge in [-0.25, -0.2) is 8.42 Å². The lowest BCUT2D eigenvalue weighted by Crippen LogP contribution is -2.25. The van der Waals surface area contributed by atoms with E-state index in [2.05, 4.69) is 11.4 Å². The van der Waals surface area contributed by atoms with E-state index < -0.39 is 9.84 Å². The first-order valence-electron chi connectivity index (χ1n) is 6.44. The van der Waals surface area contributed by atoms with E-state index in [9.17, 15) is 8.42 Å². The second kappa shape index (κ2) is 6.08. The number of nitrogens with one attached hydrogen (secondary N) is 1. The van der Waals surface area contributed by atoms with Gasteiger partial charge in [0.25, 0.3) is 0 Å². The number of benzene rings is 1. The zero-order valence-corrected chi connectivity index (χ0v) is 13.5. The molecule has 1 aromatic heterocycles. The minimum Gasteiger partial charge on any atom is -0.312 e. The van der Waals surface area contributed by atoms with Gasteiger partial charge in [-0.15, -0.1) is 11.3 Å². The fourth-order valence-electron chi connectivity index (χ4n) is 2.29. The summed E-state index contributed by atoms with van der Waals surface area (Å²) in [6.45, 7) is 4.05. The number of hydrogen-bond donors (Lipinski definition) is 1. The van der Waals surface area contributed by atoms with Gasteiger partial charge in [-0.2, -0.15) is 0 Å². The standard InChI is InChI=1S/C15H19NO2S2/c1-11-6-7-13(12(2)9-11)14(16-3)10-20(17,18)15-5-4-8-19-15/h4-9,14,16H,10H2,1-3H3. The van der Waals surface area contributed by atoms with Crippen LogP contribution in [0, 0.1) is 13.8 Å². The molecule has 0 aliphatic heterocycles. The van der Waals surface area contributed by atoms with Crippen LogP contribution in [0.3, 0.4) is 0 Å². The topological polar surface area (TPSA) is 46.2 Å². The first-order valence-corrected chi connectivity index (χ1v) is 8.98. The van der Waals surface area contributed by atoms with E-state index in [1.807, 2.05) is 26.0 Å². The molecule has 0 saturated carbocycles. The van der Waals surface area contributed by atoms with E-state index in [1.54, 1.807) is 24.6 Å². The Morgan fingerprint density at radius 3 is 2.55 bits per heavy atom. The van der Waals surface area contributed by atoms with Crippen LogP contribution < -0.4 is 5.32 Å². The highest BCUT2D eigenvalue weighted by atomic mass is 32.2. The molecule has 2 aromatic rings. The van der Waals surface area contributed by atoms with Gasteiger partial charge in [0.1, 0.15) is 4.21 Å². The summed E-state index contributed by atoms with van der Waals surface area (Å²) in [5, 5.41) is 4.91. The molecular formula is C15H19NO2S2. The van der Waals surface area contributed by atoms with Gasteiger partial charge < -0.3 is 5.32 Å². The Labute approximate surface area is 124 Å². The van der Waals surface area contributed by atoms with Crippen molar-refractivity contribution in [1.29, 1.82) is 0 Å². The smallest absolute Gasteiger partial charge is 0.189 e. The van der Waals surface area contributed by atoms with Crippen LogP contribution in [0.1, 0.15) is 22.7 Å². The molecule has 1 atom stereocenters. The van der Waals surface area contributed by atoms with Crippen molar-refractivity contribution in [2.45, 2.75) is 24.1 Å². The van der Waals surface area contributed by atoms with Crippen molar-refractivity contribution in [1.82, 2.24) is 5.32 Å². The summed E-state index contributed by atoms with van der Waals surface area (Å²) in [7, 11) is -1.45. The highest BCUT2D eigenvalue weighted by Crippen LogP contribution is 2.25. The summed E-state index contributed by atoms with van der Waals surface area (Å²) in [6.07, 6.45) is 0. The summed E-state index contributed by atoms with van der Waals surface area (Å²) < 4.78 is 25.2. The molecule has 1 N–H and O–H groups in total. The predicted octanol–water partition coefficient (Wildman–Crippen LogP) is 3.10. The highest BCUT2D eigenvalue weighted by Gasteiger charge is 2.23. The van der Waals surface area contributed by atoms with Crippen molar-refractivity contribution in [2.75, 3.05) is 12.8 Å². The molecule has 0 spiro atoms. The first-order chi connectivity index (χ1) is 9.44. The molecule has 108 valence electrons. The van der Waals surface area contributed by atoms with Crippen LogP contribution in [0.5, 0.6) is 0 Å². The van der Waals surface area contributed by atoms with E-state index in [4.69, 9.17) is 0 Å². The second-order valence-corrected chi connectivity index (χ2v) is 8.12. The molecule has 1 aromatic carbocycles. The Bertz CT molecular complexity index is 676. The number of sulfone groups is 1. The van der Waals surface area contributed by atoms with Gasteiger partial charge in [-0.1, -0.05) is 29.8 Å². The van der Waals surface area contributed by atoms with Gasteiger partial charge in [-0.3, -0.25) is 0 Å². The van der Waals surface area contributed by atoms with Crippen molar-refractivity contribution in [2.24, 2.45) is 0 Å². The van der Waals surface area contributed by atoms with Crippen LogP contribution >= 0.6 is 11.3 Å². The van der Waals surface area contributed by atoms with Crippen molar-refractivity contribution in [3.8, 4) is 0 Å². The van der Waals surface area contributed by atoms with Gasteiger partial charge in [0.15, 0.2) is 9.84 Å². The highest BCUT2D eigenvalue weighted by molar-refractivity contribution is 7.93. The molecule has 0 saturated heterocycles. The van der Waals surface area contributed by atoms with Crippen molar-refractivity contribution in [3.63, 3.8) is 0 Å². The number of hydrogen-bond acceptors (Lipinski definition) is 4. The van der Waals surface area contributed by atoms with Crippen molar-refractivity contribution >= 4 is 21.2 Å². The maximum atomic E-state index is 12.4. The van der Waals surface area contributed by atoms with E-state index in [-0.39, 0.29) is 11.8 Å². The monoisotopic (exact) mass is 309 g/mol. The number of thiophene rings is 1. The lowest BCUT2D eigenvalue weighted by Gasteiger charge is -2.19. The van der Waals surface area contributed by atoms with E-state index >= 15 is 0 Å². The molecule has 1 heterocycles. The number of aryl methyl sites for hydroxylation is 2. The Kier molecular flexibility index (Phi) is 4.62. The van der Waals surface area contributed by atoms with E-state index in [1.165, 1.54) is 16.9 Å². The fraction of sp³-hybridized carbons (Fsp3) is 0.333. The third kappa shape index (κ3) is 3.29. The summed E-state index contributed by atoms with van der Waals surface area (Å²) in [5.41, 5.74) is 3.34. The van der Waals surface area contributed by atoms with Gasteiger partial charge in [0, 0.05) is 6.04 Å². The Morgan fingerprint density at radius 2 is 2.00 bits per heavy atom. The molecule has 0 bridgehead atoms. The minimum absolute atomic E-state index is 0.0773. The van der Waals surface area contributed by atoms with Crippen LogP contribution in [0.25, 0.3) is 0 Å². The molecule has 20 heavy (non-hydrogen) atoms. The fourth-order valence-corrected chi connectivity index (χ4v) is 4.93. The van der Waals surface area contributed by atoms with Gasteiger partial charge in [0.2, 0.25) is 0 Å². The van der Waals surface area contributed by atoms with Crippen LogP contribution in [0.4, 0.5) is 0 Å². The van der Waals surface area contributed by atoms with E-state index in [0.29, 0.717) is 4.21 Å². The Morgan fingerprint density at radius 1 is 1.25 bits per heavy atom. The molecule has 0 radical (unpaired) electrons. The average Bonchev–Trinajstić information content (AvgIpc) is 2.91. The lowest BCUT2D eigenvalue weighted by atomic mass is 10.0. The van der Waals surface area contributed by atoms with Crippen LogP contribution in [0.2, 0.25) is 0 Å².